The van der Waals surface area contributed by atoms with Gasteiger partial charge in [-0.25, -0.2) is 0 Å². The van der Waals surface area contributed by atoms with Gasteiger partial charge in [-0.2, -0.15) is 0 Å². The Kier molecular flexibility index (Phi) is 4.45. The summed E-state index contributed by atoms with van der Waals surface area (Å²) in [7, 11) is 0. The highest BCUT2D eigenvalue weighted by Gasteiger charge is 2.53. The fraction of sp³-hybridized carbons (Fsp3) is 0.647. The van der Waals surface area contributed by atoms with E-state index in [-0.39, 0.29) is 16.9 Å². The molecule has 2 atom stereocenters. The van der Waals surface area contributed by atoms with Crippen molar-refractivity contribution in [1.82, 2.24) is 0 Å². The predicted molar refractivity (Wildman–Crippen MR) is 82.2 cm³/mol. The van der Waals surface area contributed by atoms with Crippen molar-refractivity contribution in [2.45, 2.75) is 64.4 Å². The molecule has 1 aromatic rings. The van der Waals surface area contributed by atoms with Crippen LogP contribution in [0.5, 0.6) is 5.75 Å². The quantitative estimate of drug-likeness (QED) is 0.659. The van der Waals surface area contributed by atoms with Crippen LogP contribution in [0.2, 0.25) is 0 Å². The lowest BCUT2D eigenvalue weighted by atomic mass is 9.62. The van der Waals surface area contributed by atoms with E-state index in [9.17, 15) is 0 Å². The average Bonchev–Trinajstić information content (AvgIpc) is 2.40. The van der Waals surface area contributed by atoms with Crippen LogP contribution < -0.4 is 4.74 Å². The summed E-state index contributed by atoms with van der Waals surface area (Å²) < 4.78 is 6.33. The van der Waals surface area contributed by atoms with Gasteiger partial charge in [0.05, 0.1) is 0 Å². The largest absolute Gasteiger partial charge is 0.489 e. The fourth-order valence-corrected chi connectivity index (χ4v) is 3.84. The van der Waals surface area contributed by atoms with Crippen molar-refractivity contribution in [1.29, 1.82) is 0 Å². The Morgan fingerprint density at radius 2 is 1.89 bits per heavy atom. The van der Waals surface area contributed by atoms with Gasteiger partial charge in [0.25, 0.3) is 0 Å². The highest BCUT2D eigenvalue weighted by molar-refractivity contribution is 6.21. The molecule has 0 bridgehead atoms. The number of para-hydroxylation sites is 1. The maximum absolute atomic E-state index is 6.46. The van der Waals surface area contributed by atoms with Gasteiger partial charge in [-0.15, -0.1) is 11.6 Å². The third-order valence-corrected chi connectivity index (χ3v) is 5.43. The first-order valence-electron chi connectivity index (χ1n) is 7.44. The third kappa shape index (κ3) is 2.50. The Hall–Kier alpha value is -0.690. The SMILES string of the molecule is CCC1(CC)C(Cl)CC1Oc1ccccc1C(C)C. The summed E-state index contributed by atoms with van der Waals surface area (Å²) in [5, 5.41) is 0.263. The van der Waals surface area contributed by atoms with Crippen molar-refractivity contribution in [2.24, 2.45) is 5.41 Å². The molecular weight excluding hydrogens is 256 g/mol. The minimum Gasteiger partial charge on any atom is -0.489 e. The molecular formula is C17H25ClO. The Bertz CT molecular complexity index is 423. The van der Waals surface area contributed by atoms with Crippen LogP contribution >= 0.6 is 11.6 Å². The Balaban J connectivity index is 2.19. The summed E-state index contributed by atoms with van der Waals surface area (Å²) in [5.41, 5.74) is 1.45. The van der Waals surface area contributed by atoms with Crippen LogP contribution in [0.15, 0.2) is 24.3 Å². The van der Waals surface area contributed by atoms with Gasteiger partial charge in [0.1, 0.15) is 11.9 Å². The minimum atomic E-state index is 0.158. The first kappa shape index (κ1) is 14.7. The monoisotopic (exact) mass is 280 g/mol. The number of benzene rings is 1. The van der Waals surface area contributed by atoms with E-state index in [4.69, 9.17) is 16.3 Å². The maximum Gasteiger partial charge on any atom is 0.123 e. The fourth-order valence-electron chi connectivity index (χ4n) is 3.23. The highest BCUT2D eigenvalue weighted by atomic mass is 35.5. The summed E-state index contributed by atoms with van der Waals surface area (Å²) in [6, 6.07) is 8.39. The van der Waals surface area contributed by atoms with Crippen LogP contribution in [0.25, 0.3) is 0 Å². The summed E-state index contributed by atoms with van der Waals surface area (Å²) in [6.07, 6.45) is 3.42. The van der Waals surface area contributed by atoms with E-state index < -0.39 is 0 Å². The predicted octanol–water partition coefficient (Wildman–Crippen LogP) is 5.37. The van der Waals surface area contributed by atoms with Gasteiger partial charge < -0.3 is 4.74 Å². The van der Waals surface area contributed by atoms with E-state index in [1.54, 1.807) is 0 Å². The second-order valence-corrected chi connectivity index (χ2v) is 6.47. The lowest BCUT2D eigenvalue weighted by Gasteiger charge is -2.52. The summed E-state index contributed by atoms with van der Waals surface area (Å²) in [4.78, 5) is 0. The van der Waals surface area contributed by atoms with Gasteiger partial charge >= 0.3 is 0 Å². The summed E-state index contributed by atoms with van der Waals surface area (Å²) in [6.45, 7) is 8.87. The normalized spacial score (nSPS) is 25.2. The number of alkyl halides is 1. The lowest BCUT2D eigenvalue weighted by Crippen LogP contribution is -2.56. The first-order valence-corrected chi connectivity index (χ1v) is 7.88. The molecule has 2 heteroatoms. The summed E-state index contributed by atoms with van der Waals surface area (Å²) in [5.74, 6) is 1.53. The van der Waals surface area contributed by atoms with Crippen LogP contribution in [0.4, 0.5) is 0 Å². The zero-order valence-electron chi connectivity index (χ0n) is 12.4. The topological polar surface area (TPSA) is 9.23 Å². The minimum absolute atomic E-state index is 0.158. The molecule has 0 radical (unpaired) electrons. The molecule has 0 aliphatic heterocycles. The van der Waals surface area contributed by atoms with Gasteiger partial charge in [0.15, 0.2) is 0 Å². The van der Waals surface area contributed by atoms with Crippen molar-refractivity contribution in [2.75, 3.05) is 0 Å². The molecule has 2 unspecified atom stereocenters. The smallest absolute Gasteiger partial charge is 0.123 e. The Morgan fingerprint density at radius 3 is 2.42 bits per heavy atom. The molecule has 1 aromatic carbocycles. The molecule has 0 N–H and O–H groups in total. The Labute approximate surface area is 122 Å². The van der Waals surface area contributed by atoms with Gasteiger partial charge in [-0.05, 0) is 30.4 Å². The van der Waals surface area contributed by atoms with Crippen LogP contribution in [0.3, 0.4) is 0 Å². The number of halogens is 1. The number of hydrogen-bond donors (Lipinski definition) is 0. The summed E-state index contributed by atoms with van der Waals surface area (Å²) >= 11 is 6.46. The van der Waals surface area contributed by atoms with Crippen LogP contribution in [-0.4, -0.2) is 11.5 Å². The molecule has 1 fully saturated rings. The highest BCUT2D eigenvalue weighted by Crippen LogP contribution is 2.52. The van der Waals surface area contributed by atoms with Gasteiger partial charge in [-0.1, -0.05) is 45.9 Å². The van der Waals surface area contributed by atoms with E-state index in [1.807, 2.05) is 0 Å². The van der Waals surface area contributed by atoms with Crippen molar-refractivity contribution in [3.63, 3.8) is 0 Å². The van der Waals surface area contributed by atoms with E-state index in [1.165, 1.54) is 5.56 Å². The molecule has 1 saturated carbocycles. The average molecular weight is 281 g/mol. The molecule has 2 rings (SSSR count). The van der Waals surface area contributed by atoms with Crippen molar-refractivity contribution >= 4 is 11.6 Å². The van der Waals surface area contributed by atoms with Crippen molar-refractivity contribution in [3.05, 3.63) is 29.8 Å². The van der Waals surface area contributed by atoms with Gasteiger partial charge in [0.2, 0.25) is 0 Å². The third-order valence-electron chi connectivity index (χ3n) is 4.81. The number of ether oxygens (including phenoxy) is 1. The van der Waals surface area contributed by atoms with Gasteiger partial charge in [-0.3, -0.25) is 0 Å². The molecule has 106 valence electrons. The van der Waals surface area contributed by atoms with Gasteiger partial charge in [0, 0.05) is 17.2 Å². The van der Waals surface area contributed by atoms with Crippen molar-refractivity contribution in [3.8, 4) is 5.75 Å². The molecule has 0 spiro atoms. The standard InChI is InChI=1S/C17H25ClO/c1-5-17(6-2)15(18)11-16(17)19-14-10-8-7-9-13(14)12(3)4/h7-10,12,15-16H,5-6,11H2,1-4H3. The van der Waals surface area contributed by atoms with E-state index in [2.05, 4.69) is 52.0 Å². The maximum atomic E-state index is 6.46. The molecule has 0 aromatic heterocycles. The Morgan fingerprint density at radius 1 is 1.26 bits per heavy atom. The molecule has 0 heterocycles. The second-order valence-electron chi connectivity index (χ2n) is 5.94. The van der Waals surface area contributed by atoms with E-state index in [0.29, 0.717) is 5.92 Å². The van der Waals surface area contributed by atoms with Crippen LogP contribution in [0.1, 0.15) is 58.4 Å². The van der Waals surface area contributed by atoms with E-state index in [0.717, 1.165) is 25.0 Å². The molecule has 1 aliphatic rings. The lowest BCUT2D eigenvalue weighted by molar-refractivity contribution is -0.0467. The first-order chi connectivity index (χ1) is 9.05. The second kappa shape index (κ2) is 5.75. The van der Waals surface area contributed by atoms with Crippen molar-refractivity contribution < 1.29 is 4.74 Å². The van der Waals surface area contributed by atoms with E-state index >= 15 is 0 Å². The molecule has 19 heavy (non-hydrogen) atoms. The van der Waals surface area contributed by atoms with Crippen LogP contribution in [0, 0.1) is 5.41 Å². The molecule has 0 saturated heterocycles. The zero-order chi connectivity index (χ0) is 14.0. The zero-order valence-corrected chi connectivity index (χ0v) is 13.2. The molecule has 0 amide bonds. The number of rotatable bonds is 5. The number of hydrogen-bond acceptors (Lipinski definition) is 1. The van der Waals surface area contributed by atoms with Crippen LogP contribution in [-0.2, 0) is 0 Å². The molecule has 1 nitrogen and oxygen atoms in total. The molecule has 1 aliphatic carbocycles.